The highest BCUT2D eigenvalue weighted by Crippen LogP contribution is 2.27. The Labute approximate surface area is 148 Å². The van der Waals surface area contributed by atoms with Crippen molar-refractivity contribution in [1.29, 1.82) is 0 Å². The van der Waals surface area contributed by atoms with E-state index in [2.05, 4.69) is 20.9 Å². The lowest BCUT2D eigenvalue weighted by atomic mass is 9.96. The number of nitro groups is 1. The number of furan rings is 1. The van der Waals surface area contributed by atoms with Gasteiger partial charge in [-0.15, -0.1) is 10.2 Å². The first kappa shape index (κ1) is 16.2. The molecular weight excluding hydrogens is 338 g/mol. The van der Waals surface area contributed by atoms with Crippen LogP contribution in [-0.4, -0.2) is 25.8 Å². The number of fused-ring (bicyclic) bond motifs is 1. The molecule has 1 saturated carbocycles. The van der Waals surface area contributed by atoms with Crippen LogP contribution in [0, 0.1) is 10.1 Å². The first-order valence-electron chi connectivity index (χ1n) is 8.52. The molecule has 136 valence electrons. The molecule has 0 radical (unpaired) electrons. The Morgan fingerprint density at radius 2 is 2.15 bits per heavy atom. The van der Waals surface area contributed by atoms with E-state index in [1.165, 1.54) is 31.4 Å². The molecule has 2 aromatic heterocycles. The third-order valence-corrected chi connectivity index (χ3v) is 4.58. The summed E-state index contributed by atoms with van der Waals surface area (Å²) in [5.41, 5.74) is 10.5. The van der Waals surface area contributed by atoms with Gasteiger partial charge in [0.05, 0.1) is 17.5 Å². The van der Waals surface area contributed by atoms with Gasteiger partial charge in [-0.1, -0.05) is 19.3 Å². The van der Waals surface area contributed by atoms with Gasteiger partial charge >= 0.3 is 5.88 Å². The Bertz CT molecular complexity index is 890. The van der Waals surface area contributed by atoms with Crippen molar-refractivity contribution in [2.24, 2.45) is 5.73 Å². The maximum atomic E-state index is 10.8. The Hall–Kier alpha value is -3.30. The lowest BCUT2D eigenvalue weighted by Gasteiger charge is -2.24. The summed E-state index contributed by atoms with van der Waals surface area (Å²) in [5, 5.41) is 22.3. The van der Waals surface area contributed by atoms with Crippen LogP contribution in [0.25, 0.3) is 17.7 Å². The van der Waals surface area contributed by atoms with Gasteiger partial charge in [-0.05, 0) is 18.9 Å². The second-order valence-electron chi connectivity index (χ2n) is 6.38. The van der Waals surface area contributed by atoms with Gasteiger partial charge in [-0.3, -0.25) is 15.5 Å². The number of nitrogens with one attached hydrogen (secondary N) is 2. The van der Waals surface area contributed by atoms with Crippen LogP contribution in [0.4, 0.5) is 5.88 Å². The van der Waals surface area contributed by atoms with Crippen molar-refractivity contribution >= 4 is 12.0 Å². The summed E-state index contributed by atoms with van der Waals surface area (Å²) >= 11 is 0. The highest BCUT2D eigenvalue weighted by molar-refractivity contribution is 5.62. The van der Waals surface area contributed by atoms with Crippen LogP contribution in [-0.2, 0) is 0 Å². The van der Waals surface area contributed by atoms with Crippen molar-refractivity contribution in [2.45, 2.75) is 38.1 Å². The van der Waals surface area contributed by atoms with Crippen molar-refractivity contribution in [3.05, 3.63) is 45.7 Å². The van der Waals surface area contributed by atoms with Crippen LogP contribution < -0.4 is 16.5 Å². The molecule has 0 amide bonds. The summed E-state index contributed by atoms with van der Waals surface area (Å²) < 4.78 is 6.81. The molecule has 4 N–H and O–H groups in total. The SMILES string of the molecule is NC1=Cc2nnc(-c3ccc([N+](=O)[O-])o3)n2NC1=CNC1CCCCC1. The fourth-order valence-electron chi connectivity index (χ4n) is 3.19. The third-order valence-electron chi connectivity index (χ3n) is 4.58. The standard InChI is InChI=1S/C16H19N7O3/c17-11-8-14-19-20-16(13-6-7-15(26-13)23(24)25)22(14)21-12(11)9-18-10-4-2-1-3-5-10/h6-10,18,21H,1-5,17H2. The Balaban J connectivity index is 1.58. The van der Waals surface area contributed by atoms with Gasteiger partial charge in [-0.25, -0.2) is 4.68 Å². The van der Waals surface area contributed by atoms with Crippen LogP contribution in [0.15, 0.2) is 34.1 Å². The van der Waals surface area contributed by atoms with Crippen molar-refractivity contribution in [3.8, 4) is 11.6 Å². The molecular formula is C16H19N7O3. The molecule has 1 aliphatic carbocycles. The van der Waals surface area contributed by atoms with E-state index in [-0.39, 0.29) is 11.6 Å². The zero-order valence-electron chi connectivity index (χ0n) is 14.0. The fraction of sp³-hybridized carbons (Fsp3) is 0.375. The van der Waals surface area contributed by atoms with E-state index in [1.54, 1.807) is 10.8 Å². The monoisotopic (exact) mass is 357 g/mol. The molecule has 1 aliphatic heterocycles. The van der Waals surface area contributed by atoms with E-state index in [1.807, 2.05) is 6.20 Å². The zero-order chi connectivity index (χ0) is 18.1. The largest absolute Gasteiger partial charge is 0.433 e. The van der Waals surface area contributed by atoms with E-state index in [4.69, 9.17) is 10.2 Å². The fourth-order valence-corrected chi connectivity index (χ4v) is 3.19. The Morgan fingerprint density at radius 1 is 1.35 bits per heavy atom. The van der Waals surface area contributed by atoms with Crippen LogP contribution in [0.3, 0.4) is 0 Å². The molecule has 3 heterocycles. The number of nitrogens with zero attached hydrogens (tertiary/aromatic N) is 4. The Morgan fingerprint density at radius 3 is 2.88 bits per heavy atom. The van der Waals surface area contributed by atoms with E-state index in [0.717, 1.165) is 12.8 Å². The molecule has 26 heavy (non-hydrogen) atoms. The molecule has 10 heteroatoms. The van der Waals surface area contributed by atoms with E-state index < -0.39 is 4.92 Å². The van der Waals surface area contributed by atoms with Crippen LogP contribution in [0.2, 0.25) is 0 Å². The normalized spacial score (nSPS) is 18.9. The summed E-state index contributed by atoms with van der Waals surface area (Å²) in [5.74, 6) is 0.723. The quantitative estimate of drug-likeness (QED) is 0.558. The Kier molecular flexibility index (Phi) is 4.07. The van der Waals surface area contributed by atoms with Crippen molar-refractivity contribution in [2.75, 3.05) is 5.43 Å². The van der Waals surface area contributed by atoms with Gasteiger partial charge in [0.2, 0.25) is 5.82 Å². The zero-order valence-corrected chi connectivity index (χ0v) is 14.0. The average molecular weight is 357 g/mol. The highest BCUT2D eigenvalue weighted by Gasteiger charge is 2.23. The number of hydrogen-bond acceptors (Lipinski definition) is 8. The molecule has 0 unspecified atom stereocenters. The van der Waals surface area contributed by atoms with Crippen molar-refractivity contribution < 1.29 is 9.34 Å². The van der Waals surface area contributed by atoms with Crippen molar-refractivity contribution in [1.82, 2.24) is 20.2 Å². The smallest absolute Gasteiger partial charge is 0.397 e. The number of aromatic nitrogens is 3. The maximum absolute atomic E-state index is 10.8. The minimum absolute atomic E-state index is 0.247. The van der Waals surface area contributed by atoms with Gasteiger partial charge in [0.15, 0.2) is 11.6 Å². The number of nitrogens with two attached hydrogens (primary N) is 1. The summed E-state index contributed by atoms with van der Waals surface area (Å²) in [6, 6.07) is 3.22. The van der Waals surface area contributed by atoms with Crippen LogP contribution in [0.1, 0.15) is 37.9 Å². The van der Waals surface area contributed by atoms with Gasteiger partial charge < -0.3 is 15.5 Å². The summed E-state index contributed by atoms with van der Waals surface area (Å²) in [7, 11) is 0. The van der Waals surface area contributed by atoms with Gasteiger partial charge in [0, 0.05) is 18.3 Å². The van der Waals surface area contributed by atoms with Crippen LogP contribution >= 0.6 is 0 Å². The molecule has 4 rings (SSSR count). The second kappa shape index (κ2) is 6.54. The molecule has 0 atom stereocenters. The molecule has 1 fully saturated rings. The molecule has 0 spiro atoms. The minimum atomic E-state index is -0.596. The summed E-state index contributed by atoms with van der Waals surface area (Å²) in [6.07, 6.45) is 9.60. The second-order valence-corrected chi connectivity index (χ2v) is 6.38. The first-order valence-corrected chi connectivity index (χ1v) is 8.52. The average Bonchev–Trinajstić information content (AvgIpc) is 3.27. The predicted molar refractivity (Wildman–Crippen MR) is 94.0 cm³/mol. The maximum Gasteiger partial charge on any atom is 0.433 e. The van der Waals surface area contributed by atoms with Gasteiger partial charge in [-0.2, -0.15) is 0 Å². The van der Waals surface area contributed by atoms with E-state index >= 15 is 0 Å². The summed E-state index contributed by atoms with van der Waals surface area (Å²) in [4.78, 5) is 10.2. The van der Waals surface area contributed by atoms with E-state index in [0.29, 0.717) is 29.1 Å². The predicted octanol–water partition coefficient (Wildman–Crippen LogP) is 2.07. The molecule has 2 aliphatic rings. The first-order chi connectivity index (χ1) is 12.6. The van der Waals surface area contributed by atoms with Crippen molar-refractivity contribution in [3.63, 3.8) is 0 Å². The topological polar surface area (TPSA) is 137 Å². The number of rotatable bonds is 4. The number of hydrogen-bond donors (Lipinski definition) is 3. The molecule has 0 bridgehead atoms. The molecule has 0 saturated heterocycles. The van der Waals surface area contributed by atoms with Gasteiger partial charge in [0.25, 0.3) is 0 Å². The minimum Gasteiger partial charge on any atom is -0.397 e. The third kappa shape index (κ3) is 3.01. The summed E-state index contributed by atoms with van der Waals surface area (Å²) in [6.45, 7) is 0. The highest BCUT2D eigenvalue weighted by atomic mass is 16.6. The lowest BCUT2D eigenvalue weighted by Crippen LogP contribution is -2.31. The van der Waals surface area contributed by atoms with E-state index in [9.17, 15) is 10.1 Å². The van der Waals surface area contributed by atoms with Crippen LogP contribution in [0.5, 0.6) is 0 Å². The molecule has 10 nitrogen and oxygen atoms in total. The molecule has 0 aromatic carbocycles. The lowest BCUT2D eigenvalue weighted by molar-refractivity contribution is -0.401. The van der Waals surface area contributed by atoms with Gasteiger partial charge in [0.1, 0.15) is 4.92 Å². The molecule has 2 aromatic rings.